The summed E-state index contributed by atoms with van der Waals surface area (Å²) in [5.74, 6) is 0. The molecule has 1 fully saturated rings. The molecule has 0 amide bonds. The first-order valence-electron chi connectivity index (χ1n) is 6.12. The molecule has 1 saturated heterocycles. The summed E-state index contributed by atoms with van der Waals surface area (Å²) in [4.78, 5) is 5.61. The van der Waals surface area contributed by atoms with Crippen LogP contribution in [0.15, 0.2) is 30.5 Å². The van der Waals surface area contributed by atoms with E-state index in [1.807, 2.05) is 12.3 Å². The van der Waals surface area contributed by atoms with E-state index < -0.39 is 0 Å². The summed E-state index contributed by atoms with van der Waals surface area (Å²) in [7, 11) is 0. The van der Waals surface area contributed by atoms with Gasteiger partial charge >= 0.3 is 0 Å². The van der Waals surface area contributed by atoms with E-state index >= 15 is 0 Å². The second kappa shape index (κ2) is 4.49. The first-order chi connectivity index (χ1) is 8.36. The van der Waals surface area contributed by atoms with Gasteiger partial charge in [0.2, 0.25) is 0 Å². The number of nitrogens with zero attached hydrogens (tertiary/aromatic N) is 1. The van der Waals surface area contributed by atoms with E-state index in [0.717, 1.165) is 31.7 Å². The third kappa shape index (κ3) is 1.95. The van der Waals surface area contributed by atoms with Crippen molar-refractivity contribution in [3.05, 3.63) is 36.0 Å². The first kappa shape index (κ1) is 10.8. The maximum Gasteiger partial charge on any atom is 0.0857 e. The highest BCUT2D eigenvalue weighted by atomic mass is 15.3. The minimum Gasteiger partial charge on any atom is -0.361 e. The molecular weight excluding hydrogens is 212 g/mol. The highest BCUT2D eigenvalue weighted by Gasteiger charge is 2.20. The molecule has 0 bridgehead atoms. The van der Waals surface area contributed by atoms with Gasteiger partial charge in [-0.25, -0.2) is 0 Å². The van der Waals surface area contributed by atoms with Crippen molar-refractivity contribution in [1.29, 1.82) is 0 Å². The quantitative estimate of drug-likeness (QED) is 0.722. The highest BCUT2D eigenvalue weighted by Crippen LogP contribution is 2.24. The molecule has 2 aromatic rings. The zero-order chi connectivity index (χ0) is 11.7. The van der Waals surface area contributed by atoms with Crippen LogP contribution in [0.3, 0.4) is 0 Å². The highest BCUT2D eigenvalue weighted by molar-refractivity contribution is 5.83. The molecule has 1 atom stereocenters. The Balaban J connectivity index is 1.92. The predicted molar refractivity (Wildman–Crippen MR) is 69.7 cm³/mol. The zero-order valence-corrected chi connectivity index (χ0v) is 9.82. The molecular formula is C13H18N4. The number of aromatic nitrogens is 1. The molecule has 1 aromatic heterocycles. The minimum absolute atomic E-state index is 0.00625. The molecule has 0 spiro atoms. The number of nitrogens with two attached hydrogens (primary N) is 1. The molecule has 2 heterocycles. The standard InChI is InChI=1S/C13H18N4/c14-13(17-7-5-15-6-8-17)11-9-16-12-4-2-1-3-10(11)12/h1-4,9,13,15-16H,5-8,14H2. The summed E-state index contributed by atoms with van der Waals surface area (Å²) >= 11 is 0. The smallest absolute Gasteiger partial charge is 0.0857 e. The topological polar surface area (TPSA) is 57.1 Å². The number of aromatic amines is 1. The fourth-order valence-electron chi connectivity index (χ4n) is 2.50. The monoisotopic (exact) mass is 230 g/mol. The van der Waals surface area contributed by atoms with Gasteiger partial charge in [-0.05, 0) is 6.07 Å². The lowest BCUT2D eigenvalue weighted by Gasteiger charge is -2.32. The largest absolute Gasteiger partial charge is 0.361 e. The van der Waals surface area contributed by atoms with Crippen LogP contribution in [0.5, 0.6) is 0 Å². The summed E-state index contributed by atoms with van der Waals surface area (Å²) in [6, 6.07) is 8.32. The van der Waals surface area contributed by atoms with Crippen molar-refractivity contribution in [2.24, 2.45) is 5.73 Å². The molecule has 3 rings (SSSR count). The lowest BCUT2D eigenvalue weighted by molar-refractivity contribution is 0.178. The second-order valence-corrected chi connectivity index (χ2v) is 4.52. The third-order valence-corrected chi connectivity index (χ3v) is 3.48. The van der Waals surface area contributed by atoms with Crippen LogP contribution < -0.4 is 11.1 Å². The number of H-pyrrole nitrogens is 1. The number of benzene rings is 1. The summed E-state index contributed by atoms with van der Waals surface area (Å²) in [5, 5.41) is 4.58. The van der Waals surface area contributed by atoms with Crippen molar-refractivity contribution < 1.29 is 0 Å². The van der Waals surface area contributed by atoms with Gasteiger partial charge in [-0.2, -0.15) is 0 Å². The van der Waals surface area contributed by atoms with E-state index in [4.69, 9.17) is 5.73 Å². The molecule has 90 valence electrons. The zero-order valence-electron chi connectivity index (χ0n) is 9.82. The molecule has 4 heteroatoms. The third-order valence-electron chi connectivity index (χ3n) is 3.48. The lowest BCUT2D eigenvalue weighted by atomic mass is 10.1. The Morgan fingerprint density at radius 3 is 2.76 bits per heavy atom. The van der Waals surface area contributed by atoms with Gasteiger partial charge in [0.15, 0.2) is 0 Å². The number of rotatable bonds is 2. The molecule has 0 aliphatic carbocycles. The fourth-order valence-corrected chi connectivity index (χ4v) is 2.50. The average molecular weight is 230 g/mol. The van der Waals surface area contributed by atoms with E-state index in [9.17, 15) is 0 Å². The van der Waals surface area contributed by atoms with Gasteiger partial charge in [0.25, 0.3) is 0 Å². The molecule has 17 heavy (non-hydrogen) atoms. The molecule has 0 saturated carbocycles. The van der Waals surface area contributed by atoms with Crippen molar-refractivity contribution in [1.82, 2.24) is 15.2 Å². The maximum atomic E-state index is 6.36. The van der Waals surface area contributed by atoms with Gasteiger partial charge in [-0.1, -0.05) is 18.2 Å². The van der Waals surface area contributed by atoms with Crippen molar-refractivity contribution >= 4 is 10.9 Å². The van der Waals surface area contributed by atoms with Gasteiger partial charge in [-0.3, -0.25) is 4.90 Å². The average Bonchev–Trinajstić information content (AvgIpc) is 2.83. The number of fused-ring (bicyclic) bond motifs is 1. The summed E-state index contributed by atoms with van der Waals surface area (Å²) in [6.45, 7) is 4.08. The number of nitrogens with one attached hydrogen (secondary N) is 2. The van der Waals surface area contributed by atoms with Crippen LogP contribution >= 0.6 is 0 Å². The number of piperazine rings is 1. The second-order valence-electron chi connectivity index (χ2n) is 4.52. The van der Waals surface area contributed by atoms with Crippen LogP contribution in [0, 0.1) is 0 Å². The van der Waals surface area contributed by atoms with Crippen LogP contribution in [0.1, 0.15) is 11.7 Å². The van der Waals surface area contributed by atoms with E-state index in [2.05, 4.69) is 33.4 Å². The summed E-state index contributed by atoms with van der Waals surface area (Å²) in [6.07, 6.45) is 2.03. The Labute approximate surface area is 101 Å². The van der Waals surface area contributed by atoms with Gasteiger partial charge in [0.1, 0.15) is 0 Å². The molecule has 0 radical (unpaired) electrons. The van der Waals surface area contributed by atoms with E-state index in [-0.39, 0.29) is 6.17 Å². The van der Waals surface area contributed by atoms with Gasteiger partial charge in [0.05, 0.1) is 6.17 Å². The Kier molecular flexibility index (Phi) is 2.84. The Morgan fingerprint density at radius 1 is 1.18 bits per heavy atom. The Bertz CT molecular complexity index is 499. The SMILES string of the molecule is NC(c1c[nH]c2ccccc12)N1CCNCC1. The lowest BCUT2D eigenvalue weighted by Crippen LogP contribution is -2.47. The summed E-state index contributed by atoms with van der Waals surface area (Å²) in [5.41, 5.74) is 8.72. The predicted octanol–water partition coefficient (Wildman–Crippen LogP) is 1.03. The van der Waals surface area contributed by atoms with Crippen molar-refractivity contribution in [3.63, 3.8) is 0 Å². The molecule has 4 N–H and O–H groups in total. The minimum atomic E-state index is -0.00625. The number of para-hydroxylation sites is 1. The van der Waals surface area contributed by atoms with Crippen molar-refractivity contribution in [3.8, 4) is 0 Å². The Hall–Kier alpha value is -1.36. The first-order valence-corrected chi connectivity index (χ1v) is 6.12. The van der Waals surface area contributed by atoms with Crippen molar-refractivity contribution in [2.45, 2.75) is 6.17 Å². The van der Waals surface area contributed by atoms with Crippen LogP contribution in [0.4, 0.5) is 0 Å². The molecule has 1 aliphatic heterocycles. The number of hydrogen-bond donors (Lipinski definition) is 3. The van der Waals surface area contributed by atoms with E-state index in [0.29, 0.717) is 0 Å². The maximum absolute atomic E-state index is 6.36. The van der Waals surface area contributed by atoms with Crippen LogP contribution in [0.25, 0.3) is 10.9 Å². The molecule has 1 aliphatic rings. The molecule has 4 nitrogen and oxygen atoms in total. The van der Waals surface area contributed by atoms with Crippen LogP contribution in [0.2, 0.25) is 0 Å². The molecule has 1 unspecified atom stereocenters. The summed E-state index contributed by atoms with van der Waals surface area (Å²) < 4.78 is 0. The van der Waals surface area contributed by atoms with Gasteiger partial charge < -0.3 is 16.0 Å². The fraction of sp³-hybridized carbons (Fsp3) is 0.385. The van der Waals surface area contributed by atoms with E-state index in [1.165, 1.54) is 10.9 Å². The van der Waals surface area contributed by atoms with Gasteiger partial charge in [-0.15, -0.1) is 0 Å². The van der Waals surface area contributed by atoms with Crippen molar-refractivity contribution in [2.75, 3.05) is 26.2 Å². The van der Waals surface area contributed by atoms with Crippen LogP contribution in [-0.4, -0.2) is 36.1 Å². The Morgan fingerprint density at radius 2 is 1.94 bits per heavy atom. The number of hydrogen-bond acceptors (Lipinski definition) is 3. The molecule has 1 aromatic carbocycles. The van der Waals surface area contributed by atoms with Crippen LogP contribution in [-0.2, 0) is 0 Å². The van der Waals surface area contributed by atoms with E-state index in [1.54, 1.807) is 0 Å². The normalized spacial score (nSPS) is 19.6. The van der Waals surface area contributed by atoms with Gasteiger partial charge in [0, 0.05) is 48.8 Å².